The molecule has 4 rings (SSSR count). The number of aliphatic hydroxyl groups is 1. The number of aromatic nitrogens is 2. The molecule has 1 amide bonds. The van der Waals surface area contributed by atoms with E-state index in [4.69, 9.17) is 14.2 Å². The average molecular weight is 423 g/mol. The molecule has 1 saturated heterocycles. The summed E-state index contributed by atoms with van der Waals surface area (Å²) in [5.41, 5.74) is 2.40. The van der Waals surface area contributed by atoms with E-state index in [2.05, 4.69) is 10.2 Å². The van der Waals surface area contributed by atoms with E-state index < -0.39 is 12.2 Å². The number of H-pyrrole nitrogens is 1. The molecule has 3 aromatic rings. The zero-order valence-corrected chi connectivity index (χ0v) is 17.4. The van der Waals surface area contributed by atoms with Crippen molar-refractivity contribution in [2.45, 2.75) is 18.6 Å². The molecule has 8 heteroatoms. The second kappa shape index (κ2) is 9.09. The number of benzene rings is 2. The molecule has 8 nitrogen and oxygen atoms in total. The van der Waals surface area contributed by atoms with E-state index >= 15 is 0 Å². The largest absolute Gasteiger partial charge is 0.493 e. The number of hydrogen-bond donors (Lipinski definition) is 2. The van der Waals surface area contributed by atoms with Gasteiger partial charge in [0.15, 0.2) is 11.5 Å². The van der Waals surface area contributed by atoms with Crippen LogP contribution in [0.5, 0.6) is 17.2 Å². The SMILES string of the molecule is COc1ccc(O[C@@H]2CCN(C(=O)c3cccc(-c4cn[nH]c4)c3)C[C@H]2O)cc1OC. The number of amides is 1. The summed E-state index contributed by atoms with van der Waals surface area (Å²) in [6, 6.07) is 12.7. The third kappa shape index (κ3) is 4.49. The van der Waals surface area contributed by atoms with E-state index in [1.165, 1.54) is 0 Å². The van der Waals surface area contributed by atoms with Gasteiger partial charge in [0, 0.05) is 36.4 Å². The van der Waals surface area contributed by atoms with Gasteiger partial charge in [-0.2, -0.15) is 5.10 Å². The molecule has 2 N–H and O–H groups in total. The number of nitrogens with zero attached hydrogens (tertiary/aromatic N) is 2. The number of methoxy groups -OCH3 is 2. The van der Waals surface area contributed by atoms with Crippen molar-refractivity contribution in [2.75, 3.05) is 27.3 Å². The second-order valence-electron chi connectivity index (χ2n) is 7.35. The van der Waals surface area contributed by atoms with Crippen molar-refractivity contribution in [3.05, 3.63) is 60.4 Å². The Balaban J connectivity index is 1.41. The number of likely N-dealkylation sites (tertiary alicyclic amines) is 1. The Morgan fingerprint density at radius 2 is 1.97 bits per heavy atom. The average Bonchev–Trinajstić information content (AvgIpc) is 3.35. The summed E-state index contributed by atoms with van der Waals surface area (Å²) < 4.78 is 16.5. The first-order valence-corrected chi connectivity index (χ1v) is 10.0. The summed E-state index contributed by atoms with van der Waals surface area (Å²) in [5, 5.41) is 17.4. The number of aliphatic hydroxyl groups excluding tert-OH is 1. The fourth-order valence-electron chi connectivity index (χ4n) is 3.72. The van der Waals surface area contributed by atoms with Crippen LogP contribution in [0.15, 0.2) is 54.9 Å². The van der Waals surface area contributed by atoms with Gasteiger partial charge in [-0.3, -0.25) is 9.89 Å². The number of nitrogens with one attached hydrogen (secondary N) is 1. The van der Waals surface area contributed by atoms with Gasteiger partial charge < -0.3 is 24.2 Å². The molecule has 0 unspecified atom stereocenters. The van der Waals surface area contributed by atoms with Crippen molar-refractivity contribution in [2.24, 2.45) is 0 Å². The van der Waals surface area contributed by atoms with Crippen molar-refractivity contribution in [3.8, 4) is 28.4 Å². The molecule has 2 atom stereocenters. The number of piperidine rings is 1. The lowest BCUT2D eigenvalue weighted by molar-refractivity contribution is -0.0199. The highest BCUT2D eigenvalue weighted by molar-refractivity contribution is 5.95. The molecule has 162 valence electrons. The minimum absolute atomic E-state index is 0.117. The number of hydrogen-bond acceptors (Lipinski definition) is 6. The summed E-state index contributed by atoms with van der Waals surface area (Å²) >= 11 is 0. The number of rotatable bonds is 6. The van der Waals surface area contributed by atoms with Crippen molar-refractivity contribution in [3.63, 3.8) is 0 Å². The fourth-order valence-corrected chi connectivity index (χ4v) is 3.72. The molecular formula is C23H25N3O5. The fraction of sp³-hybridized carbons (Fsp3) is 0.304. The maximum absolute atomic E-state index is 13.0. The first-order valence-electron chi connectivity index (χ1n) is 10.0. The normalized spacial score (nSPS) is 18.5. The zero-order valence-electron chi connectivity index (χ0n) is 17.4. The highest BCUT2D eigenvalue weighted by Crippen LogP contribution is 2.32. The summed E-state index contributed by atoms with van der Waals surface area (Å²) in [6.07, 6.45) is 2.79. The van der Waals surface area contributed by atoms with Crippen LogP contribution in [-0.2, 0) is 0 Å². The number of β-amino-alcohol motifs (C(OH)–C–C–N with tert-alkyl or cyclic N) is 1. The van der Waals surface area contributed by atoms with Crippen molar-refractivity contribution < 1.29 is 24.1 Å². The molecule has 0 saturated carbocycles. The van der Waals surface area contributed by atoms with Crippen LogP contribution in [0.4, 0.5) is 0 Å². The molecule has 0 aliphatic carbocycles. The Kier molecular flexibility index (Phi) is 6.08. The highest BCUT2D eigenvalue weighted by Gasteiger charge is 2.32. The third-order valence-corrected chi connectivity index (χ3v) is 5.39. The minimum atomic E-state index is -0.803. The lowest BCUT2D eigenvalue weighted by Gasteiger charge is -2.36. The van der Waals surface area contributed by atoms with Crippen LogP contribution in [0.2, 0.25) is 0 Å². The van der Waals surface area contributed by atoms with E-state index in [0.29, 0.717) is 35.8 Å². The van der Waals surface area contributed by atoms with E-state index in [-0.39, 0.29) is 12.5 Å². The van der Waals surface area contributed by atoms with Gasteiger partial charge in [-0.1, -0.05) is 12.1 Å². The molecule has 2 heterocycles. The van der Waals surface area contributed by atoms with Crippen molar-refractivity contribution in [1.82, 2.24) is 15.1 Å². The van der Waals surface area contributed by atoms with Gasteiger partial charge in [0.05, 0.1) is 27.0 Å². The van der Waals surface area contributed by atoms with Crippen LogP contribution < -0.4 is 14.2 Å². The Morgan fingerprint density at radius 3 is 2.68 bits per heavy atom. The Hall–Kier alpha value is -3.52. The van der Waals surface area contributed by atoms with Gasteiger partial charge >= 0.3 is 0 Å². The smallest absolute Gasteiger partial charge is 0.253 e. The second-order valence-corrected chi connectivity index (χ2v) is 7.35. The Bertz CT molecular complexity index is 1040. The number of carbonyl (C=O) groups excluding carboxylic acids is 1. The number of carbonyl (C=O) groups is 1. The molecule has 1 aliphatic rings. The molecule has 0 radical (unpaired) electrons. The molecule has 1 aliphatic heterocycles. The monoisotopic (exact) mass is 423 g/mol. The zero-order chi connectivity index (χ0) is 21.8. The topological polar surface area (TPSA) is 96.9 Å². The van der Waals surface area contributed by atoms with Gasteiger partial charge in [0.25, 0.3) is 5.91 Å². The summed E-state index contributed by atoms with van der Waals surface area (Å²) in [7, 11) is 3.13. The lowest BCUT2D eigenvalue weighted by atomic mass is 10.0. The summed E-state index contributed by atoms with van der Waals surface area (Å²) in [6.45, 7) is 0.691. The van der Waals surface area contributed by atoms with Crippen molar-refractivity contribution >= 4 is 5.91 Å². The van der Waals surface area contributed by atoms with Gasteiger partial charge in [-0.05, 0) is 29.8 Å². The lowest BCUT2D eigenvalue weighted by Crippen LogP contribution is -2.51. The van der Waals surface area contributed by atoms with Crippen LogP contribution in [0, 0.1) is 0 Å². The van der Waals surface area contributed by atoms with E-state index in [9.17, 15) is 9.90 Å². The van der Waals surface area contributed by atoms with Crippen LogP contribution in [-0.4, -0.2) is 65.6 Å². The quantitative estimate of drug-likeness (QED) is 0.633. The molecule has 1 aromatic heterocycles. The molecule has 31 heavy (non-hydrogen) atoms. The standard InChI is InChI=1S/C23H25N3O5/c1-29-21-7-6-18(11-22(21)30-2)31-20-8-9-26(14-19(20)27)23(28)16-5-3-4-15(10-16)17-12-24-25-13-17/h3-7,10-13,19-20,27H,8-9,14H2,1-2H3,(H,24,25)/t19-,20-/m1/s1. The molecule has 0 bridgehead atoms. The van der Waals surface area contributed by atoms with Crippen LogP contribution in [0.25, 0.3) is 11.1 Å². The molecule has 2 aromatic carbocycles. The van der Waals surface area contributed by atoms with Gasteiger partial charge in [0.2, 0.25) is 0 Å². The van der Waals surface area contributed by atoms with Crippen LogP contribution in [0.1, 0.15) is 16.8 Å². The van der Waals surface area contributed by atoms with E-state index in [0.717, 1.165) is 11.1 Å². The first-order chi connectivity index (χ1) is 15.1. The van der Waals surface area contributed by atoms with Gasteiger partial charge in [0.1, 0.15) is 18.0 Å². The summed E-state index contributed by atoms with van der Waals surface area (Å²) in [4.78, 5) is 14.7. The predicted molar refractivity (Wildman–Crippen MR) is 115 cm³/mol. The maximum atomic E-state index is 13.0. The van der Waals surface area contributed by atoms with Crippen molar-refractivity contribution in [1.29, 1.82) is 0 Å². The van der Waals surface area contributed by atoms with Gasteiger partial charge in [-0.15, -0.1) is 0 Å². The van der Waals surface area contributed by atoms with E-state index in [1.807, 2.05) is 18.2 Å². The summed E-state index contributed by atoms with van der Waals surface area (Å²) in [5.74, 6) is 1.62. The number of aromatic amines is 1. The minimum Gasteiger partial charge on any atom is -0.493 e. The molecule has 1 fully saturated rings. The highest BCUT2D eigenvalue weighted by atomic mass is 16.5. The molecular weight excluding hydrogens is 398 g/mol. The Morgan fingerprint density at radius 1 is 1.13 bits per heavy atom. The van der Waals surface area contributed by atoms with Crippen LogP contribution in [0.3, 0.4) is 0 Å². The molecule has 0 spiro atoms. The third-order valence-electron chi connectivity index (χ3n) is 5.39. The Labute approximate surface area is 180 Å². The maximum Gasteiger partial charge on any atom is 0.253 e. The van der Waals surface area contributed by atoms with Gasteiger partial charge in [-0.25, -0.2) is 0 Å². The van der Waals surface area contributed by atoms with Crippen LogP contribution >= 0.6 is 0 Å². The predicted octanol–water partition coefficient (Wildman–Crippen LogP) is 2.75. The number of ether oxygens (including phenoxy) is 3. The first kappa shape index (κ1) is 20.7. The van der Waals surface area contributed by atoms with E-state index in [1.54, 1.807) is 55.8 Å².